The molecule has 2 aromatic carbocycles. The van der Waals surface area contributed by atoms with Gasteiger partial charge in [-0.3, -0.25) is 4.79 Å². The molecule has 0 bridgehead atoms. The highest BCUT2D eigenvalue weighted by atomic mass is 32.2. The normalized spacial score (nSPS) is 15.6. The fraction of sp³-hybridized carbons (Fsp3) is 0.381. The molecule has 0 radical (unpaired) electrons. The van der Waals surface area contributed by atoms with Crippen molar-refractivity contribution in [2.24, 2.45) is 0 Å². The molecule has 1 aliphatic rings. The largest absolute Gasteiger partial charge is 0.376 e. The molecule has 0 aromatic heterocycles. The van der Waals surface area contributed by atoms with Gasteiger partial charge in [-0.05, 0) is 55.7 Å². The Hall–Kier alpha value is -2.38. The Morgan fingerprint density at radius 1 is 0.964 bits per heavy atom. The lowest BCUT2D eigenvalue weighted by molar-refractivity contribution is -0.114. The highest BCUT2D eigenvalue weighted by Gasteiger charge is 2.25. The molecule has 2 aromatic rings. The Kier molecular flexibility index (Phi) is 6.70. The molecule has 7 heteroatoms. The summed E-state index contributed by atoms with van der Waals surface area (Å²) in [7, 11) is -3.51. The molecule has 1 aliphatic heterocycles. The highest BCUT2D eigenvalue weighted by Crippen LogP contribution is 2.22. The molecule has 1 heterocycles. The van der Waals surface area contributed by atoms with Crippen molar-refractivity contribution in [2.45, 2.75) is 37.5 Å². The molecule has 0 spiro atoms. The van der Waals surface area contributed by atoms with Gasteiger partial charge in [-0.15, -0.1) is 0 Å². The number of rotatable bonds is 6. The number of hydrogen-bond donors (Lipinski definition) is 2. The van der Waals surface area contributed by atoms with Gasteiger partial charge in [0.05, 0.1) is 11.4 Å². The zero-order chi connectivity index (χ0) is 20.0. The van der Waals surface area contributed by atoms with E-state index < -0.39 is 10.0 Å². The van der Waals surface area contributed by atoms with Gasteiger partial charge in [-0.25, -0.2) is 8.42 Å². The number of sulfonamides is 1. The molecular formula is C21H27N3O3S. The summed E-state index contributed by atoms with van der Waals surface area (Å²) in [6.07, 6.45) is 3.94. The lowest BCUT2D eigenvalue weighted by atomic mass is 10.2. The van der Waals surface area contributed by atoms with Crippen LogP contribution in [-0.2, 0) is 14.8 Å². The molecule has 0 atom stereocenters. The minimum atomic E-state index is -3.51. The number of nitrogens with one attached hydrogen (secondary N) is 2. The van der Waals surface area contributed by atoms with Crippen molar-refractivity contribution in [1.29, 1.82) is 0 Å². The Balaban J connectivity index is 1.63. The second-order valence-electron chi connectivity index (χ2n) is 7.12. The second kappa shape index (κ2) is 9.21. The molecule has 0 aliphatic carbocycles. The van der Waals surface area contributed by atoms with Gasteiger partial charge in [0, 0.05) is 24.5 Å². The van der Waals surface area contributed by atoms with Crippen molar-refractivity contribution in [3.05, 3.63) is 54.1 Å². The number of anilines is 2. The number of amides is 1. The zero-order valence-corrected chi connectivity index (χ0v) is 17.0. The van der Waals surface area contributed by atoms with E-state index in [1.54, 1.807) is 28.6 Å². The SMILES string of the molecule is Cc1cccc(NC(=O)CNc2cccc(S(=O)(=O)N3CCCCCC3)c2)c1. The molecule has 1 amide bonds. The summed E-state index contributed by atoms with van der Waals surface area (Å²) in [5, 5.41) is 5.84. The van der Waals surface area contributed by atoms with Gasteiger partial charge < -0.3 is 10.6 Å². The van der Waals surface area contributed by atoms with Crippen molar-refractivity contribution < 1.29 is 13.2 Å². The second-order valence-corrected chi connectivity index (χ2v) is 9.06. The maximum Gasteiger partial charge on any atom is 0.243 e. The minimum Gasteiger partial charge on any atom is -0.376 e. The number of carbonyl (C=O) groups excluding carboxylic acids is 1. The first-order chi connectivity index (χ1) is 13.4. The third kappa shape index (κ3) is 5.33. The van der Waals surface area contributed by atoms with Gasteiger partial charge in [-0.1, -0.05) is 31.0 Å². The van der Waals surface area contributed by atoms with E-state index in [2.05, 4.69) is 10.6 Å². The van der Waals surface area contributed by atoms with Gasteiger partial charge in [0.25, 0.3) is 0 Å². The van der Waals surface area contributed by atoms with Crippen LogP contribution in [0, 0.1) is 6.92 Å². The molecule has 1 fully saturated rings. The fourth-order valence-electron chi connectivity index (χ4n) is 3.31. The smallest absolute Gasteiger partial charge is 0.243 e. The summed E-state index contributed by atoms with van der Waals surface area (Å²) in [5.41, 5.74) is 2.41. The van der Waals surface area contributed by atoms with Crippen molar-refractivity contribution in [3.63, 3.8) is 0 Å². The minimum absolute atomic E-state index is 0.0567. The van der Waals surface area contributed by atoms with Crippen LogP contribution in [-0.4, -0.2) is 38.3 Å². The first-order valence-electron chi connectivity index (χ1n) is 9.66. The van der Waals surface area contributed by atoms with Gasteiger partial charge in [0.15, 0.2) is 0 Å². The Morgan fingerprint density at radius 2 is 1.64 bits per heavy atom. The standard InChI is InChI=1S/C21H27N3O3S/c1-17-8-6-10-19(14-17)23-21(25)16-22-18-9-7-11-20(15-18)28(26,27)24-12-4-2-3-5-13-24/h6-11,14-15,22H,2-5,12-13,16H2,1H3,(H,23,25). The lowest BCUT2D eigenvalue weighted by Crippen LogP contribution is -2.32. The van der Waals surface area contributed by atoms with Crippen LogP contribution in [0.15, 0.2) is 53.4 Å². The molecular weight excluding hydrogens is 374 g/mol. The lowest BCUT2D eigenvalue weighted by Gasteiger charge is -2.20. The Morgan fingerprint density at radius 3 is 2.36 bits per heavy atom. The quantitative estimate of drug-likeness (QED) is 0.775. The van der Waals surface area contributed by atoms with E-state index in [9.17, 15) is 13.2 Å². The van der Waals surface area contributed by atoms with Crippen LogP contribution < -0.4 is 10.6 Å². The van der Waals surface area contributed by atoms with Crippen LogP contribution >= 0.6 is 0 Å². The number of carbonyl (C=O) groups is 1. The van der Waals surface area contributed by atoms with Crippen LogP contribution in [0.4, 0.5) is 11.4 Å². The molecule has 1 saturated heterocycles. The monoisotopic (exact) mass is 401 g/mol. The summed E-state index contributed by atoms with van der Waals surface area (Å²) >= 11 is 0. The molecule has 6 nitrogen and oxygen atoms in total. The van der Waals surface area contributed by atoms with E-state index in [1.807, 2.05) is 31.2 Å². The van der Waals surface area contributed by atoms with E-state index in [1.165, 1.54) is 0 Å². The van der Waals surface area contributed by atoms with Crippen molar-refractivity contribution in [1.82, 2.24) is 4.31 Å². The van der Waals surface area contributed by atoms with Crippen molar-refractivity contribution >= 4 is 27.3 Å². The predicted octanol–water partition coefficient (Wildman–Crippen LogP) is 3.61. The van der Waals surface area contributed by atoms with Crippen molar-refractivity contribution in [2.75, 3.05) is 30.3 Å². The molecule has 0 unspecified atom stereocenters. The first-order valence-corrected chi connectivity index (χ1v) is 11.1. The maximum atomic E-state index is 12.9. The average molecular weight is 402 g/mol. The van der Waals surface area contributed by atoms with E-state index in [4.69, 9.17) is 0 Å². The molecule has 0 saturated carbocycles. The third-order valence-electron chi connectivity index (χ3n) is 4.79. The van der Waals surface area contributed by atoms with Gasteiger partial charge in [-0.2, -0.15) is 4.31 Å². The topological polar surface area (TPSA) is 78.5 Å². The Bertz CT molecular complexity index is 920. The van der Waals surface area contributed by atoms with E-state index in [-0.39, 0.29) is 17.3 Å². The van der Waals surface area contributed by atoms with Crippen LogP contribution in [0.5, 0.6) is 0 Å². The van der Waals surface area contributed by atoms with E-state index >= 15 is 0 Å². The van der Waals surface area contributed by atoms with Crippen LogP contribution in [0.1, 0.15) is 31.2 Å². The van der Waals surface area contributed by atoms with Gasteiger partial charge in [0.2, 0.25) is 15.9 Å². The molecule has 2 N–H and O–H groups in total. The molecule has 28 heavy (non-hydrogen) atoms. The third-order valence-corrected chi connectivity index (χ3v) is 6.69. The zero-order valence-electron chi connectivity index (χ0n) is 16.1. The summed E-state index contributed by atoms with van der Waals surface area (Å²) in [6, 6.07) is 14.2. The first kappa shape index (κ1) is 20.4. The Labute approximate surface area is 167 Å². The summed E-state index contributed by atoms with van der Waals surface area (Å²) < 4.78 is 27.4. The number of hydrogen-bond acceptors (Lipinski definition) is 4. The van der Waals surface area contributed by atoms with E-state index in [0.717, 1.165) is 36.9 Å². The van der Waals surface area contributed by atoms with Crippen LogP contribution in [0.3, 0.4) is 0 Å². The van der Waals surface area contributed by atoms with Gasteiger partial charge >= 0.3 is 0 Å². The van der Waals surface area contributed by atoms with Crippen LogP contribution in [0.25, 0.3) is 0 Å². The summed E-state index contributed by atoms with van der Waals surface area (Å²) in [6.45, 7) is 3.16. The van der Waals surface area contributed by atoms with Crippen LogP contribution in [0.2, 0.25) is 0 Å². The summed E-state index contributed by atoms with van der Waals surface area (Å²) in [4.78, 5) is 12.4. The average Bonchev–Trinajstić information content (AvgIpc) is 2.97. The highest BCUT2D eigenvalue weighted by molar-refractivity contribution is 7.89. The van der Waals surface area contributed by atoms with E-state index in [0.29, 0.717) is 18.8 Å². The fourth-order valence-corrected chi connectivity index (χ4v) is 4.87. The number of benzene rings is 2. The predicted molar refractivity (Wildman–Crippen MR) is 112 cm³/mol. The maximum absolute atomic E-state index is 12.9. The summed E-state index contributed by atoms with van der Waals surface area (Å²) in [5.74, 6) is -0.189. The molecule has 150 valence electrons. The molecule has 3 rings (SSSR count). The van der Waals surface area contributed by atoms with Crippen molar-refractivity contribution in [3.8, 4) is 0 Å². The number of aryl methyl sites for hydroxylation is 1. The van der Waals surface area contributed by atoms with Gasteiger partial charge in [0.1, 0.15) is 0 Å². The number of nitrogens with zero attached hydrogens (tertiary/aromatic N) is 1.